The maximum Gasteiger partial charge on any atom is 0.501 e. The third-order valence-electron chi connectivity index (χ3n) is 0.732. The van der Waals surface area contributed by atoms with E-state index >= 15 is 0 Å². The van der Waals surface area contributed by atoms with Crippen LogP contribution in [0.4, 0.5) is 0 Å². The molecule has 0 saturated carbocycles. The first-order valence-electron chi connectivity index (χ1n) is 2.46. The summed E-state index contributed by atoms with van der Waals surface area (Å²) in [6.45, 7) is 0.875. The van der Waals surface area contributed by atoms with Gasteiger partial charge < -0.3 is 13.8 Å². The molecule has 0 saturated heterocycles. The molecule has 0 aliphatic heterocycles. The lowest BCUT2D eigenvalue weighted by Gasteiger charge is -1.91. The number of rotatable bonds is 4. The monoisotopic (exact) mass is 132 g/mol. The minimum absolute atomic E-state index is 0.214. The van der Waals surface area contributed by atoms with Crippen molar-refractivity contribution in [3.05, 3.63) is 0 Å². The lowest BCUT2D eigenvalue weighted by Crippen LogP contribution is -1.88. The van der Waals surface area contributed by atoms with Crippen molar-refractivity contribution in [2.45, 2.75) is 11.0 Å². The van der Waals surface area contributed by atoms with Crippen LogP contribution in [0.15, 0.2) is 0 Å². The fraction of sp³-hybridized carbons (Fsp3) is 1.00. The third kappa shape index (κ3) is 7.02. The first kappa shape index (κ1) is 8.02. The number of hydrogen-bond donors (Lipinski definition) is 0. The van der Waals surface area contributed by atoms with Crippen LogP contribution in [0.3, 0.4) is 0 Å². The molecular formula is C4H9ClMgO. The van der Waals surface area contributed by atoms with Crippen molar-refractivity contribution in [3.63, 3.8) is 0 Å². The van der Waals surface area contributed by atoms with Crippen molar-refractivity contribution in [2.75, 3.05) is 13.7 Å². The topological polar surface area (TPSA) is 9.23 Å². The molecule has 0 aromatic heterocycles. The summed E-state index contributed by atoms with van der Waals surface area (Å²) in [6.07, 6.45) is 1.15. The Morgan fingerprint density at radius 3 is 2.86 bits per heavy atom. The molecule has 0 unspecified atom stereocenters. The molecule has 0 radical (unpaired) electrons. The Kier molecular flexibility index (Phi) is 8.03. The summed E-state index contributed by atoms with van der Waals surface area (Å²) in [5, 5.41) is 0. The summed E-state index contributed by atoms with van der Waals surface area (Å²) in [5.74, 6) is 0. The van der Waals surface area contributed by atoms with Gasteiger partial charge in [0.25, 0.3) is 0 Å². The van der Waals surface area contributed by atoms with Crippen molar-refractivity contribution < 1.29 is 4.74 Å². The highest BCUT2D eigenvalue weighted by atomic mass is 35.5. The van der Waals surface area contributed by atoms with Gasteiger partial charge in [0.05, 0.1) is 0 Å². The molecule has 0 aromatic carbocycles. The number of halogens is 1. The van der Waals surface area contributed by atoms with Gasteiger partial charge in [-0.2, -0.15) is 0 Å². The largest absolute Gasteiger partial charge is 0.501 e. The van der Waals surface area contributed by atoms with Crippen molar-refractivity contribution in [1.29, 1.82) is 0 Å². The molecule has 0 atom stereocenters. The Morgan fingerprint density at radius 2 is 2.43 bits per heavy atom. The van der Waals surface area contributed by atoms with Gasteiger partial charge in [-0.3, -0.25) is 0 Å². The highest BCUT2D eigenvalue weighted by Crippen LogP contribution is 1.89. The smallest absolute Gasteiger partial charge is 0.385 e. The molecule has 0 bridgehead atoms. The van der Waals surface area contributed by atoms with E-state index in [1.165, 1.54) is 4.55 Å². The molecule has 0 aliphatic carbocycles. The lowest BCUT2D eigenvalue weighted by atomic mass is 10.5. The second-order valence-electron chi connectivity index (χ2n) is 1.39. The highest BCUT2D eigenvalue weighted by Gasteiger charge is 1.87. The minimum atomic E-state index is -0.214. The van der Waals surface area contributed by atoms with Gasteiger partial charge in [0.2, 0.25) is 0 Å². The second kappa shape index (κ2) is 7.02. The summed E-state index contributed by atoms with van der Waals surface area (Å²) in [6, 6.07) is 0. The fourth-order valence-electron chi connectivity index (χ4n) is 0.341. The summed E-state index contributed by atoms with van der Waals surface area (Å²) < 4.78 is 6.01. The van der Waals surface area contributed by atoms with Gasteiger partial charge >= 0.3 is 19.3 Å². The van der Waals surface area contributed by atoms with Crippen LogP contribution in [0.2, 0.25) is 4.55 Å². The maximum atomic E-state index is 5.52. The quantitative estimate of drug-likeness (QED) is 0.414. The van der Waals surface area contributed by atoms with Gasteiger partial charge in [-0.25, -0.2) is 0 Å². The summed E-state index contributed by atoms with van der Waals surface area (Å²) in [4.78, 5) is 0. The van der Waals surface area contributed by atoms with Crippen molar-refractivity contribution in [2.24, 2.45) is 0 Å². The van der Waals surface area contributed by atoms with Crippen LogP contribution >= 0.6 is 9.07 Å². The summed E-state index contributed by atoms with van der Waals surface area (Å²) in [5.41, 5.74) is 0. The van der Waals surface area contributed by atoms with Crippen molar-refractivity contribution in [1.82, 2.24) is 0 Å². The van der Waals surface area contributed by atoms with E-state index in [4.69, 9.17) is 13.8 Å². The van der Waals surface area contributed by atoms with E-state index in [1.807, 2.05) is 0 Å². The molecule has 3 heteroatoms. The predicted molar refractivity (Wildman–Crippen MR) is 32.9 cm³/mol. The first-order chi connectivity index (χ1) is 3.41. The Bertz CT molecular complexity index is 30.9. The summed E-state index contributed by atoms with van der Waals surface area (Å²) >= 11 is -0.214. The molecule has 0 N–H and O–H groups in total. The maximum absolute atomic E-state index is 5.52. The molecule has 0 aliphatic rings. The van der Waals surface area contributed by atoms with Crippen LogP contribution < -0.4 is 0 Å². The van der Waals surface area contributed by atoms with Gasteiger partial charge in [-0.15, -0.1) is 4.55 Å². The molecule has 0 spiro atoms. The van der Waals surface area contributed by atoms with Crippen LogP contribution in [0.25, 0.3) is 0 Å². The second-order valence-corrected chi connectivity index (χ2v) is 3.61. The molecule has 0 aromatic rings. The number of methoxy groups -OCH3 is 1. The first-order valence-corrected chi connectivity index (χ1v) is 5.60. The molecule has 7 heavy (non-hydrogen) atoms. The molecule has 0 heterocycles. The summed E-state index contributed by atoms with van der Waals surface area (Å²) in [7, 11) is 7.24. The standard InChI is InChI=1S/C4H9O.ClH.Mg/c1-3-4-5-2;;/h1,3-4H2,2H3;1H;/q;;+1/p-1. The molecular weight excluding hydrogens is 124 g/mol. The molecule has 0 amide bonds. The van der Waals surface area contributed by atoms with E-state index in [0.717, 1.165) is 13.0 Å². The van der Waals surface area contributed by atoms with E-state index in [1.54, 1.807) is 7.11 Å². The van der Waals surface area contributed by atoms with E-state index in [2.05, 4.69) is 0 Å². The fourth-order valence-corrected chi connectivity index (χ4v) is 1.30. The van der Waals surface area contributed by atoms with Crippen LogP contribution in [0.5, 0.6) is 0 Å². The van der Waals surface area contributed by atoms with E-state index in [9.17, 15) is 0 Å². The van der Waals surface area contributed by atoms with Gasteiger partial charge in [-0.1, -0.05) is 6.42 Å². The van der Waals surface area contributed by atoms with Crippen LogP contribution in [0.1, 0.15) is 6.42 Å². The SMILES string of the molecule is COCC[CH2][Mg][Cl]. The molecule has 0 fully saturated rings. The van der Waals surface area contributed by atoms with Crippen molar-refractivity contribution >= 4 is 28.3 Å². The van der Waals surface area contributed by atoms with Crippen LogP contribution in [-0.4, -0.2) is 33.0 Å². The average molecular weight is 133 g/mol. The lowest BCUT2D eigenvalue weighted by molar-refractivity contribution is 0.199. The predicted octanol–water partition coefficient (Wildman–Crippen LogP) is 1.30. The Balaban J connectivity index is 2.45. The van der Waals surface area contributed by atoms with Crippen molar-refractivity contribution in [3.8, 4) is 0 Å². The zero-order valence-electron chi connectivity index (χ0n) is 4.61. The van der Waals surface area contributed by atoms with Gasteiger partial charge in [0.1, 0.15) is 0 Å². The Labute approximate surface area is 57.9 Å². The Morgan fingerprint density at radius 1 is 1.71 bits per heavy atom. The number of hydrogen-bond acceptors (Lipinski definition) is 1. The zero-order valence-corrected chi connectivity index (χ0v) is 6.78. The molecule has 40 valence electrons. The minimum Gasteiger partial charge on any atom is -0.385 e. The molecule has 0 rings (SSSR count). The van der Waals surface area contributed by atoms with Gasteiger partial charge in [0.15, 0.2) is 0 Å². The molecule has 1 nitrogen and oxygen atoms in total. The Hall–Kier alpha value is 1.02. The highest BCUT2D eigenvalue weighted by molar-refractivity contribution is 6.93. The van der Waals surface area contributed by atoms with Gasteiger partial charge in [-0.05, 0) is 0 Å². The van der Waals surface area contributed by atoms with Crippen LogP contribution in [0, 0.1) is 0 Å². The van der Waals surface area contributed by atoms with E-state index in [0.29, 0.717) is 0 Å². The normalized spacial score (nSPS) is 8.29. The van der Waals surface area contributed by atoms with E-state index < -0.39 is 0 Å². The number of ether oxygens (including phenoxy) is 1. The third-order valence-corrected chi connectivity index (χ3v) is 2.30. The average Bonchev–Trinajstić information content (AvgIpc) is 1.69. The van der Waals surface area contributed by atoms with E-state index in [-0.39, 0.29) is 19.3 Å². The van der Waals surface area contributed by atoms with Gasteiger partial charge in [0, 0.05) is 13.7 Å². The van der Waals surface area contributed by atoms with Crippen LogP contribution in [-0.2, 0) is 4.74 Å². The zero-order chi connectivity index (χ0) is 5.54.